The zero-order chi connectivity index (χ0) is 22.8. The number of aryl methyl sites for hydroxylation is 1. The molecule has 32 heavy (non-hydrogen) atoms. The molecule has 0 aliphatic carbocycles. The number of rotatable bonds is 5. The molecule has 9 heteroatoms. The van der Waals surface area contributed by atoms with Crippen LogP contribution < -0.4 is 10.9 Å². The molecule has 2 N–H and O–H groups in total. The monoisotopic (exact) mass is 556 g/mol. The van der Waals surface area contributed by atoms with Crippen LogP contribution in [0.3, 0.4) is 0 Å². The van der Waals surface area contributed by atoms with Gasteiger partial charge in [0.1, 0.15) is 5.58 Å². The number of hydrogen-bond donors (Lipinski definition) is 2. The first kappa shape index (κ1) is 22.0. The van der Waals surface area contributed by atoms with Gasteiger partial charge in [-0.25, -0.2) is 5.43 Å². The van der Waals surface area contributed by atoms with E-state index >= 15 is 0 Å². The van der Waals surface area contributed by atoms with Crippen molar-refractivity contribution in [3.63, 3.8) is 0 Å². The topological polar surface area (TPSA) is 88.6 Å². The SMILES string of the molecule is Cc1cc(/C=N\NC(=O)c2cc3cc(Br)cc(Br)c3o2)c(C)n1NC(=O)c1ccccc1. The van der Waals surface area contributed by atoms with Gasteiger partial charge in [0, 0.05) is 32.4 Å². The highest BCUT2D eigenvalue weighted by molar-refractivity contribution is 9.11. The minimum Gasteiger partial charge on any atom is -0.450 e. The highest BCUT2D eigenvalue weighted by Gasteiger charge is 2.15. The standard InChI is InChI=1S/C23H18Br2N4O3/c1-13-8-17(14(2)29(13)28-22(30)15-6-4-3-5-7-15)12-26-27-23(31)20-10-16-9-18(24)11-19(25)21(16)32-20/h3-12H,1-2H3,(H,27,31)(H,28,30)/b26-12-. The van der Waals surface area contributed by atoms with E-state index in [0.717, 1.165) is 31.3 Å². The number of furan rings is 1. The summed E-state index contributed by atoms with van der Waals surface area (Å²) in [5, 5.41) is 4.84. The van der Waals surface area contributed by atoms with Gasteiger partial charge >= 0.3 is 5.91 Å². The Bertz CT molecular complexity index is 1360. The molecule has 0 aliphatic heterocycles. The molecule has 0 saturated heterocycles. The van der Waals surface area contributed by atoms with Crippen LogP contribution in [0.15, 0.2) is 73.1 Å². The Balaban J connectivity index is 1.47. The molecule has 0 fully saturated rings. The highest BCUT2D eigenvalue weighted by Crippen LogP contribution is 2.30. The summed E-state index contributed by atoms with van der Waals surface area (Å²) in [7, 11) is 0. The van der Waals surface area contributed by atoms with Crippen LogP contribution in [0.2, 0.25) is 0 Å². The Morgan fingerprint density at radius 1 is 1.03 bits per heavy atom. The maximum absolute atomic E-state index is 12.5. The summed E-state index contributed by atoms with van der Waals surface area (Å²) >= 11 is 6.84. The fourth-order valence-electron chi connectivity index (χ4n) is 3.25. The van der Waals surface area contributed by atoms with E-state index in [9.17, 15) is 9.59 Å². The van der Waals surface area contributed by atoms with Gasteiger partial charge in [0.15, 0.2) is 5.76 Å². The van der Waals surface area contributed by atoms with Crippen molar-refractivity contribution in [3.05, 3.63) is 91.8 Å². The minimum absolute atomic E-state index is 0.150. The number of fused-ring (bicyclic) bond motifs is 1. The van der Waals surface area contributed by atoms with E-state index < -0.39 is 5.91 Å². The van der Waals surface area contributed by atoms with Gasteiger partial charge < -0.3 is 4.42 Å². The van der Waals surface area contributed by atoms with Crippen LogP contribution in [-0.4, -0.2) is 22.7 Å². The molecule has 2 aromatic heterocycles. The Morgan fingerprint density at radius 2 is 1.78 bits per heavy atom. The fraction of sp³-hybridized carbons (Fsp3) is 0.0870. The van der Waals surface area contributed by atoms with E-state index in [1.54, 1.807) is 22.9 Å². The molecule has 2 heterocycles. The van der Waals surface area contributed by atoms with Gasteiger partial charge in [-0.05, 0) is 66.2 Å². The van der Waals surface area contributed by atoms with Gasteiger partial charge in [-0.3, -0.25) is 19.7 Å². The predicted octanol–water partition coefficient (Wildman–Crippen LogP) is 5.52. The number of aromatic nitrogens is 1. The predicted molar refractivity (Wildman–Crippen MR) is 131 cm³/mol. The molecule has 7 nitrogen and oxygen atoms in total. The van der Waals surface area contributed by atoms with Gasteiger partial charge in [0.25, 0.3) is 5.91 Å². The molecule has 0 atom stereocenters. The number of nitrogens with zero attached hydrogens (tertiary/aromatic N) is 2. The zero-order valence-corrected chi connectivity index (χ0v) is 20.3. The summed E-state index contributed by atoms with van der Waals surface area (Å²) in [6.45, 7) is 3.73. The van der Waals surface area contributed by atoms with Crippen LogP contribution in [0.4, 0.5) is 0 Å². The summed E-state index contributed by atoms with van der Waals surface area (Å²) < 4.78 is 8.95. The van der Waals surface area contributed by atoms with Gasteiger partial charge in [-0.2, -0.15) is 5.10 Å². The average molecular weight is 558 g/mol. The van der Waals surface area contributed by atoms with E-state index in [-0.39, 0.29) is 11.7 Å². The molecular formula is C23H18Br2N4O3. The van der Waals surface area contributed by atoms with Crippen molar-refractivity contribution in [2.45, 2.75) is 13.8 Å². The molecule has 0 radical (unpaired) electrons. The Labute approximate surface area is 200 Å². The normalized spacial score (nSPS) is 11.2. The van der Waals surface area contributed by atoms with Crippen LogP contribution in [0.25, 0.3) is 11.0 Å². The maximum Gasteiger partial charge on any atom is 0.307 e. The first-order chi connectivity index (χ1) is 15.3. The number of carbonyl (C=O) groups is 2. The van der Waals surface area contributed by atoms with Crippen molar-refractivity contribution < 1.29 is 14.0 Å². The number of hydrogen-bond acceptors (Lipinski definition) is 4. The van der Waals surface area contributed by atoms with Crippen molar-refractivity contribution >= 4 is 60.9 Å². The lowest BCUT2D eigenvalue weighted by Crippen LogP contribution is -2.24. The fourth-order valence-corrected chi connectivity index (χ4v) is 4.59. The number of amides is 2. The second-order valence-corrected chi connectivity index (χ2v) is 8.85. The van der Waals surface area contributed by atoms with E-state index in [1.807, 2.05) is 50.2 Å². The van der Waals surface area contributed by atoms with Crippen LogP contribution in [-0.2, 0) is 0 Å². The Morgan fingerprint density at radius 3 is 2.53 bits per heavy atom. The van der Waals surface area contributed by atoms with Crippen molar-refractivity contribution in [2.75, 3.05) is 5.43 Å². The molecule has 0 saturated carbocycles. The molecule has 2 amide bonds. The summed E-state index contributed by atoms with van der Waals surface area (Å²) in [4.78, 5) is 24.9. The van der Waals surface area contributed by atoms with Gasteiger partial charge in [-0.1, -0.05) is 34.1 Å². The van der Waals surface area contributed by atoms with E-state index in [4.69, 9.17) is 4.42 Å². The average Bonchev–Trinajstić information content (AvgIpc) is 3.31. The van der Waals surface area contributed by atoms with Crippen LogP contribution in [0.5, 0.6) is 0 Å². The molecule has 2 aromatic carbocycles. The molecule has 4 aromatic rings. The maximum atomic E-state index is 12.5. The molecule has 162 valence electrons. The van der Waals surface area contributed by atoms with E-state index in [1.165, 1.54) is 6.21 Å². The lowest BCUT2D eigenvalue weighted by molar-refractivity contribution is 0.0929. The largest absolute Gasteiger partial charge is 0.450 e. The molecule has 0 bridgehead atoms. The van der Waals surface area contributed by atoms with Crippen LogP contribution >= 0.6 is 31.9 Å². The quantitative estimate of drug-likeness (QED) is 0.250. The molecule has 0 unspecified atom stereocenters. The smallest absolute Gasteiger partial charge is 0.307 e. The van der Waals surface area contributed by atoms with E-state index in [0.29, 0.717) is 11.1 Å². The molecule has 4 rings (SSSR count). The van der Waals surface area contributed by atoms with Crippen molar-refractivity contribution in [1.29, 1.82) is 0 Å². The highest BCUT2D eigenvalue weighted by atomic mass is 79.9. The van der Waals surface area contributed by atoms with Gasteiger partial charge in [0.05, 0.1) is 10.7 Å². The number of nitrogens with one attached hydrogen (secondary N) is 2. The zero-order valence-electron chi connectivity index (χ0n) is 17.1. The third kappa shape index (κ3) is 4.53. The molecular weight excluding hydrogens is 540 g/mol. The summed E-state index contributed by atoms with van der Waals surface area (Å²) in [6.07, 6.45) is 1.53. The van der Waals surface area contributed by atoms with Crippen molar-refractivity contribution in [2.24, 2.45) is 5.10 Å². The second-order valence-electron chi connectivity index (χ2n) is 7.08. The summed E-state index contributed by atoms with van der Waals surface area (Å²) in [5.41, 5.74) is 8.86. The van der Waals surface area contributed by atoms with Crippen molar-refractivity contribution in [3.8, 4) is 0 Å². The first-order valence-corrected chi connectivity index (χ1v) is 11.2. The number of halogens is 2. The number of carbonyl (C=O) groups excluding carboxylic acids is 2. The van der Waals surface area contributed by atoms with Crippen molar-refractivity contribution in [1.82, 2.24) is 10.1 Å². The van der Waals surface area contributed by atoms with Gasteiger partial charge in [-0.15, -0.1) is 0 Å². The third-order valence-corrected chi connectivity index (χ3v) is 5.90. The van der Waals surface area contributed by atoms with Crippen LogP contribution in [0.1, 0.15) is 37.9 Å². The van der Waals surface area contributed by atoms with Crippen LogP contribution in [0, 0.1) is 13.8 Å². The second kappa shape index (κ2) is 9.13. The number of benzene rings is 2. The first-order valence-electron chi connectivity index (χ1n) is 9.61. The summed E-state index contributed by atoms with van der Waals surface area (Å²) in [6, 6.07) is 16.2. The third-order valence-electron chi connectivity index (χ3n) is 4.85. The lowest BCUT2D eigenvalue weighted by Gasteiger charge is -2.11. The summed E-state index contributed by atoms with van der Waals surface area (Å²) in [5.74, 6) is -0.532. The van der Waals surface area contributed by atoms with Gasteiger partial charge in [0.2, 0.25) is 0 Å². The molecule has 0 aliphatic rings. The molecule has 0 spiro atoms. The Kier molecular flexibility index (Phi) is 6.29. The van der Waals surface area contributed by atoms with E-state index in [2.05, 4.69) is 47.8 Å². The Hall–Kier alpha value is -3.17. The number of hydrazone groups is 1. The lowest BCUT2D eigenvalue weighted by atomic mass is 10.2. The minimum atomic E-state index is -0.466.